The number of unbranched alkanes of at least 4 members (excludes halogenated alkanes) is 2. The first kappa shape index (κ1) is 12.5. The summed E-state index contributed by atoms with van der Waals surface area (Å²) in [7, 11) is 0. The molecule has 1 aromatic carbocycles. The fourth-order valence-electron chi connectivity index (χ4n) is 1.58. The third-order valence-electron chi connectivity index (χ3n) is 2.50. The van der Waals surface area contributed by atoms with Crippen LogP contribution in [0.2, 0.25) is 5.02 Å². The van der Waals surface area contributed by atoms with Crippen LogP contribution in [0.4, 0.5) is 4.39 Å². The summed E-state index contributed by atoms with van der Waals surface area (Å²) in [6, 6.07) is 4.74. The minimum absolute atomic E-state index is 0.151. The Kier molecular flexibility index (Phi) is 5.06. The van der Waals surface area contributed by atoms with E-state index >= 15 is 0 Å². The van der Waals surface area contributed by atoms with Gasteiger partial charge in [0.25, 0.3) is 0 Å². The fourth-order valence-corrected chi connectivity index (χ4v) is 1.76. The second-order valence-electron chi connectivity index (χ2n) is 3.75. The minimum atomic E-state index is -0.372. The van der Waals surface area contributed by atoms with Crippen molar-refractivity contribution in [2.45, 2.75) is 38.6 Å². The van der Waals surface area contributed by atoms with Crippen molar-refractivity contribution >= 4 is 11.6 Å². The zero-order chi connectivity index (χ0) is 11.3. The van der Waals surface area contributed by atoms with Crippen LogP contribution in [0.3, 0.4) is 0 Å². The van der Waals surface area contributed by atoms with Crippen molar-refractivity contribution in [3.05, 3.63) is 34.6 Å². The van der Waals surface area contributed by atoms with E-state index in [4.69, 9.17) is 17.3 Å². The minimum Gasteiger partial charge on any atom is -0.324 e. The predicted molar refractivity (Wildman–Crippen MR) is 62.5 cm³/mol. The van der Waals surface area contributed by atoms with E-state index in [1.807, 2.05) is 0 Å². The van der Waals surface area contributed by atoms with E-state index in [1.54, 1.807) is 18.2 Å². The van der Waals surface area contributed by atoms with Crippen LogP contribution in [0, 0.1) is 5.82 Å². The molecule has 0 bridgehead atoms. The van der Waals surface area contributed by atoms with Crippen LogP contribution in [0.25, 0.3) is 0 Å². The Morgan fingerprint density at radius 1 is 1.40 bits per heavy atom. The molecule has 0 aliphatic rings. The van der Waals surface area contributed by atoms with Crippen molar-refractivity contribution in [2.75, 3.05) is 0 Å². The fraction of sp³-hybridized carbons (Fsp3) is 0.500. The van der Waals surface area contributed by atoms with Crippen LogP contribution in [-0.4, -0.2) is 0 Å². The molecule has 1 nitrogen and oxygen atoms in total. The summed E-state index contributed by atoms with van der Waals surface area (Å²) in [4.78, 5) is 0. The molecule has 0 amide bonds. The van der Waals surface area contributed by atoms with Crippen LogP contribution in [-0.2, 0) is 0 Å². The molecule has 2 N–H and O–H groups in total. The van der Waals surface area contributed by atoms with Gasteiger partial charge in [0.2, 0.25) is 0 Å². The molecule has 0 spiro atoms. The highest BCUT2D eigenvalue weighted by Crippen LogP contribution is 2.25. The molecular weight excluding hydrogens is 213 g/mol. The highest BCUT2D eigenvalue weighted by Gasteiger charge is 2.12. The molecule has 0 fully saturated rings. The van der Waals surface area contributed by atoms with Gasteiger partial charge in [-0.15, -0.1) is 0 Å². The van der Waals surface area contributed by atoms with Crippen molar-refractivity contribution in [3.63, 3.8) is 0 Å². The zero-order valence-electron chi connectivity index (χ0n) is 8.97. The van der Waals surface area contributed by atoms with Crippen LogP contribution in [0.1, 0.15) is 44.2 Å². The number of hydrogen-bond donors (Lipinski definition) is 1. The van der Waals surface area contributed by atoms with Crippen LogP contribution in [0.5, 0.6) is 0 Å². The monoisotopic (exact) mass is 229 g/mol. The molecule has 1 atom stereocenters. The van der Waals surface area contributed by atoms with Gasteiger partial charge in [0.15, 0.2) is 0 Å². The van der Waals surface area contributed by atoms with Crippen LogP contribution < -0.4 is 5.73 Å². The van der Waals surface area contributed by atoms with Gasteiger partial charge < -0.3 is 5.73 Å². The molecule has 1 aromatic rings. The maximum atomic E-state index is 13.5. The van der Waals surface area contributed by atoms with Crippen LogP contribution >= 0.6 is 11.6 Å². The summed E-state index contributed by atoms with van der Waals surface area (Å²) < 4.78 is 13.5. The van der Waals surface area contributed by atoms with Gasteiger partial charge in [-0.3, -0.25) is 0 Å². The lowest BCUT2D eigenvalue weighted by atomic mass is 10.0. The molecular formula is C12H17ClFN. The third-order valence-corrected chi connectivity index (χ3v) is 2.79. The number of rotatable bonds is 5. The van der Waals surface area contributed by atoms with Gasteiger partial charge in [0, 0.05) is 11.6 Å². The molecule has 1 unspecified atom stereocenters. The molecule has 0 aliphatic heterocycles. The number of nitrogens with two attached hydrogens (primary N) is 1. The molecule has 0 heterocycles. The van der Waals surface area contributed by atoms with E-state index in [9.17, 15) is 4.39 Å². The first-order chi connectivity index (χ1) is 7.16. The summed E-state index contributed by atoms with van der Waals surface area (Å²) in [6.45, 7) is 2.13. The Morgan fingerprint density at radius 3 is 2.80 bits per heavy atom. The largest absolute Gasteiger partial charge is 0.324 e. The van der Waals surface area contributed by atoms with Gasteiger partial charge in [-0.05, 0) is 12.5 Å². The molecule has 15 heavy (non-hydrogen) atoms. The van der Waals surface area contributed by atoms with Crippen molar-refractivity contribution in [2.24, 2.45) is 5.73 Å². The average Bonchev–Trinajstić information content (AvgIpc) is 2.22. The highest BCUT2D eigenvalue weighted by atomic mass is 35.5. The second-order valence-corrected chi connectivity index (χ2v) is 4.15. The maximum Gasteiger partial charge on any atom is 0.146 e. The molecule has 84 valence electrons. The summed E-state index contributed by atoms with van der Waals surface area (Å²) in [5, 5.41) is 0.151. The van der Waals surface area contributed by atoms with Crippen molar-refractivity contribution in [3.8, 4) is 0 Å². The summed E-state index contributed by atoms with van der Waals surface area (Å²) >= 11 is 5.69. The predicted octanol–water partition coefficient (Wildman–Crippen LogP) is 4.06. The molecule has 0 aromatic heterocycles. The Labute approximate surface area is 95.4 Å². The summed E-state index contributed by atoms with van der Waals surface area (Å²) in [6.07, 6.45) is 4.12. The zero-order valence-corrected chi connectivity index (χ0v) is 9.73. The van der Waals surface area contributed by atoms with E-state index in [0.717, 1.165) is 25.7 Å². The van der Waals surface area contributed by atoms with Crippen molar-refractivity contribution < 1.29 is 4.39 Å². The quantitative estimate of drug-likeness (QED) is 0.758. The number of hydrogen-bond acceptors (Lipinski definition) is 1. The van der Waals surface area contributed by atoms with Crippen molar-refractivity contribution in [1.82, 2.24) is 0 Å². The standard InChI is InChI=1S/C12H17ClFN/c1-2-3-4-8-11(15)9-6-5-7-10(13)12(9)14/h5-7,11H,2-4,8,15H2,1H3. The lowest BCUT2D eigenvalue weighted by molar-refractivity contribution is 0.539. The van der Waals surface area contributed by atoms with Crippen LogP contribution in [0.15, 0.2) is 18.2 Å². The lowest BCUT2D eigenvalue weighted by Crippen LogP contribution is -2.12. The smallest absolute Gasteiger partial charge is 0.146 e. The van der Waals surface area contributed by atoms with E-state index in [1.165, 1.54) is 0 Å². The molecule has 0 aliphatic carbocycles. The Balaban J connectivity index is 2.65. The lowest BCUT2D eigenvalue weighted by Gasteiger charge is -2.13. The number of halogens is 2. The van der Waals surface area contributed by atoms with Crippen molar-refractivity contribution in [1.29, 1.82) is 0 Å². The average molecular weight is 230 g/mol. The first-order valence-electron chi connectivity index (χ1n) is 5.36. The van der Waals surface area contributed by atoms with Gasteiger partial charge in [-0.25, -0.2) is 4.39 Å². The second kappa shape index (κ2) is 6.09. The van der Waals surface area contributed by atoms with E-state index in [0.29, 0.717) is 5.56 Å². The maximum absolute atomic E-state index is 13.5. The van der Waals surface area contributed by atoms with Gasteiger partial charge in [0.05, 0.1) is 5.02 Å². The van der Waals surface area contributed by atoms with E-state index in [2.05, 4.69) is 6.92 Å². The van der Waals surface area contributed by atoms with Gasteiger partial charge in [-0.1, -0.05) is 49.9 Å². The first-order valence-corrected chi connectivity index (χ1v) is 5.74. The van der Waals surface area contributed by atoms with Gasteiger partial charge in [0.1, 0.15) is 5.82 Å². The Bertz CT molecular complexity index is 314. The topological polar surface area (TPSA) is 26.0 Å². The summed E-state index contributed by atoms with van der Waals surface area (Å²) in [5.41, 5.74) is 6.43. The Hall–Kier alpha value is -0.600. The van der Waals surface area contributed by atoms with E-state index < -0.39 is 0 Å². The molecule has 0 saturated heterocycles. The molecule has 0 radical (unpaired) electrons. The third kappa shape index (κ3) is 3.47. The molecule has 1 rings (SSSR count). The highest BCUT2D eigenvalue weighted by molar-refractivity contribution is 6.30. The molecule has 3 heteroatoms. The van der Waals surface area contributed by atoms with E-state index in [-0.39, 0.29) is 16.9 Å². The van der Waals surface area contributed by atoms with Gasteiger partial charge in [-0.2, -0.15) is 0 Å². The normalized spacial score (nSPS) is 12.8. The SMILES string of the molecule is CCCCCC(N)c1cccc(Cl)c1F. The molecule has 0 saturated carbocycles. The number of benzene rings is 1. The van der Waals surface area contributed by atoms with Gasteiger partial charge >= 0.3 is 0 Å². The Morgan fingerprint density at radius 2 is 2.13 bits per heavy atom. The summed E-state index contributed by atoms with van der Waals surface area (Å²) in [5.74, 6) is -0.372.